The van der Waals surface area contributed by atoms with Crippen LogP contribution in [0.1, 0.15) is 6.92 Å². The largest absolute Gasteiger partial charge is 0.484 e. The van der Waals surface area contributed by atoms with E-state index in [1.807, 2.05) is 0 Å². The Morgan fingerprint density at radius 2 is 2.31 bits per heavy atom. The van der Waals surface area contributed by atoms with E-state index in [0.717, 1.165) is 12.1 Å². The zero-order chi connectivity index (χ0) is 12.3. The molecule has 0 aliphatic rings. The highest BCUT2D eigenvalue weighted by Gasteiger charge is 2.19. The monoisotopic (exact) mass is 293 g/mol. The summed E-state index contributed by atoms with van der Waals surface area (Å²) >= 11 is 2.84. The summed E-state index contributed by atoms with van der Waals surface area (Å²) in [5.41, 5.74) is -0.353. The predicted octanol–water partition coefficient (Wildman–Crippen LogP) is 2.26. The first kappa shape index (κ1) is 12.9. The van der Waals surface area contributed by atoms with E-state index in [9.17, 15) is 14.5 Å². The average Bonchev–Trinajstić information content (AvgIpc) is 2.18. The topological polar surface area (TPSA) is 72.6 Å². The zero-order valence-electron chi connectivity index (χ0n) is 8.31. The standard InChI is InChI=1S/C9H9BrFNO4/c1-5(13)4-16-9-3-7(11)6(10)2-8(9)12(14)15/h2-3,5,13H,4H2,1H3/t5-/m0/s1. The molecule has 16 heavy (non-hydrogen) atoms. The maximum atomic E-state index is 13.1. The second kappa shape index (κ2) is 5.22. The lowest BCUT2D eigenvalue weighted by molar-refractivity contribution is -0.386. The number of aliphatic hydroxyl groups excluding tert-OH is 1. The number of nitro benzene ring substituents is 1. The Bertz CT molecular complexity index is 411. The van der Waals surface area contributed by atoms with E-state index in [-0.39, 0.29) is 22.5 Å². The number of halogens is 2. The highest BCUT2D eigenvalue weighted by Crippen LogP contribution is 2.32. The quantitative estimate of drug-likeness (QED) is 0.683. The Balaban J connectivity index is 3.05. The fraction of sp³-hybridized carbons (Fsp3) is 0.333. The van der Waals surface area contributed by atoms with Crippen LogP contribution in [0.15, 0.2) is 16.6 Å². The number of nitro groups is 1. The molecule has 0 aliphatic carbocycles. The molecule has 1 atom stereocenters. The van der Waals surface area contributed by atoms with Crippen molar-refractivity contribution in [1.29, 1.82) is 0 Å². The summed E-state index contributed by atoms with van der Waals surface area (Å²) in [6.07, 6.45) is -0.786. The van der Waals surface area contributed by atoms with E-state index >= 15 is 0 Å². The summed E-state index contributed by atoms with van der Waals surface area (Å²) in [5.74, 6) is -0.863. The molecule has 1 rings (SSSR count). The van der Waals surface area contributed by atoms with Crippen molar-refractivity contribution in [1.82, 2.24) is 0 Å². The minimum Gasteiger partial charge on any atom is -0.484 e. The minimum atomic E-state index is -0.786. The lowest BCUT2D eigenvalue weighted by Crippen LogP contribution is -2.13. The smallest absolute Gasteiger partial charge is 0.312 e. The van der Waals surface area contributed by atoms with Gasteiger partial charge in [0.25, 0.3) is 0 Å². The maximum absolute atomic E-state index is 13.1. The van der Waals surface area contributed by atoms with Crippen LogP contribution in [0.4, 0.5) is 10.1 Å². The van der Waals surface area contributed by atoms with Crippen LogP contribution in [0.25, 0.3) is 0 Å². The van der Waals surface area contributed by atoms with E-state index in [1.165, 1.54) is 6.92 Å². The van der Waals surface area contributed by atoms with Gasteiger partial charge in [-0.3, -0.25) is 10.1 Å². The Morgan fingerprint density at radius 3 is 2.81 bits per heavy atom. The molecular weight excluding hydrogens is 285 g/mol. The van der Waals surface area contributed by atoms with E-state index in [0.29, 0.717) is 0 Å². The Labute approximate surface area is 99.1 Å². The van der Waals surface area contributed by atoms with E-state index < -0.39 is 16.8 Å². The molecule has 0 aliphatic heterocycles. The minimum absolute atomic E-state index is 0.0106. The van der Waals surface area contributed by atoms with Gasteiger partial charge < -0.3 is 9.84 Å². The number of rotatable bonds is 4. The number of hydrogen-bond donors (Lipinski definition) is 1. The van der Waals surface area contributed by atoms with Crippen LogP contribution in [0.2, 0.25) is 0 Å². The number of ether oxygens (including phenoxy) is 1. The SMILES string of the molecule is C[C@H](O)COc1cc(F)c(Br)cc1[N+](=O)[O-]. The molecule has 88 valence electrons. The first-order valence-corrected chi connectivity index (χ1v) is 5.15. The molecule has 7 heteroatoms. The molecule has 1 aromatic rings. The lowest BCUT2D eigenvalue weighted by Gasteiger charge is -2.08. The van der Waals surface area contributed by atoms with Crippen LogP contribution in [0.5, 0.6) is 5.75 Å². The van der Waals surface area contributed by atoms with Gasteiger partial charge in [-0.05, 0) is 22.9 Å². The fourth-order valence-corrected chi connectivity index (χ4v) is 1.32. The van der Waals surface area contributed by atoms with Crippen LogP contribution >= 0.6 is 15.9 Å². The molecule has 1 N–H and O–H groups in total. The zero-order valence-corrected chi connectivity index (χ0v) is 9.90. The summed E-state index contributed by atoms with van der Waals surface area (Å²) in [5, 5.41) is 19.6. The molecule has 0 spiro atoms. The van der Waals surface area contributed by atoms with Gasteiger partial charge in [-0.25, -0.2) is 4.39 Å². The molecule has 1 aromatic carbocycles. The van der Waals surface area contributed by atoms with Crippen molar-refractivity contribution < 1.29 is 19.2 Å². The van der Waals surface area contributed by atoms with E-state index in [2.05, 4.69) is 15.9 Å². The number of benzene rings is 1. The van der Waals surface area contributed by atoms with Crippen LogP contribution in [0.3, 0.4) is 0 Å². The van der Waals surface area contributed by atoms with Gasteiger partial charge >= 0.3 is 5.69 Å². The van der Waals surface area contributed by atoms with Gasteiger partial charge in [-0.15, -0.1) is 0 Å². The third-order valence-corrected chi connectivity index (χ3v) is 2.29. The third kappa shape index (κ3) is 3.14. The van der Waals surface area contributed by atoms with Gasteiger partial charge in [0.2, 0.25) is 0 Å². The van der Waals surface area contributed by atoms with Crippen molar-refractivity contribution in [2.24, 2.45) is 0 Å². The van der Waals surface area contributed by atoms with Crippen molar-refractivity contribution in [3.05, 3.63) is 32.5 Å². The molecule has 0 fully saturated rings. The second-order valence-electron chi connectivity index (χ2n) is 3.15. The normalized spacial score (nSPS) is 12.2. The first-order chi connectivity index (χ1) is 7.41. The molecule has 0 unspecified atom stereocenters. The van der Waals surface area contributed by atoms with Gasteiger partial charge in [-0.2, -0.15) is 0 Å². The first-order valence-electron chi connectivity index (χ1n) is 4.36. The summed E-state index contributed by atoms with van der Waals surface area (Å²) in [4.78, 5) is 9.97. The summed E-state index contributed by atoms with van der Waals surface area (Å²) in [6, 6.07) is 1.93. The van der Waals surface area contributed by atoms with Gasteiger partial charge in [0.05, 0.1) is 15.5 Å². The number of nitrogens with zero attached hydrogens (tertiary/aromatic N) is 1. The van der Waals surface area contributed by atoms with Gasteiger partial charge in [0.15, 0.2) is 5.75 Å². The predicted molar refractivity (Wildman–Crippen MR) is 57.9 cm³/mol. The van der Waals surface area contributed by atoms with Gasteiger partial charge in [0.1, 0.15) is 12.4 Å². The molecule has 0 radical (unpaired) electrons. The van der Waals surface area contributed by atoms with Crippen LogP contribution in [0, 0.1) is 15.9 Å². The highest BCUT2D eigenvalue weighted by atomic mass is 79.9. The second-order valence-corrected chi connectivity index (χ2v) is 4.01. The van der Waals surface area contributed by atoms with Crippen LogP contribution < -0.4 is 4.74 Å². The molecule has 0 bridgehead atoms. The highest BCUT2D eigenvalue weighted by molar-refractivity contribution is 9.10. The fourth-order valence-electron chi connectivity index (χ4n) is 0.987. The molecule has 0 aromatic heterocycles. The van der Waals surface area contributed by atoms with Gasteiger partial charge in [0, 0.05) is 12.1 Å². The number of aliphatic hydroxyl groups is 1. The number of hydrogen-bond acceptors (Lipinski definition) is 4. The maximum Gasteiger partial charge on any atom is 0.312 e. The Morgan fingerprint density at radius 1 is 1.69 bits per heavy atom. The molecule has 0 heterocycles. The van der Waals surface area contributed by atoms with Crippen molar-refractivity contribution in [3.8, 4) is 5.75 Å². The third-order valence-electron chi connectivity index (χ3n) is 1.68. The molecule has 0 saturated heterocycles. The van der Waals surface area contributed by atoms with E-state index in [4.69, 9.17) is 9.84 Å². The summed E-state index contributed by atoms with van der Waals surface area (Å²) in [7, 11) is 0. The van der Waals surface area contributed by atoms with Gasteiger partial charge in [-0.1, -0.05) is 0 Å². The average molecular weight is 294 g/mol. The Hall–Kier alpha value is -1.21. The van der Waals surface area contributed by atoms with Crippen molar-refractivity contribution in [2.75, 3.05) is 6.61 Å². The van der Waals surface area contributed by atoms with E-state index in [1.54, 1.807) is 0 Å². The molecule has 0 saturated carbocycles. The van der Waals surface area contributed by atoms with Crippen LogP contribution in [-0.4, -0.2) is 22.7 Å². The Kier molecular flexibility index (Phi) is 4.19. The lowest BCUT2D eigenvalue weighted by atomic mass is 10.3. The molecular formula is C9H9BrFNO4. The van der Waals surface area contributed by atoms with Crippen LogP contribution in [-0.2, 0) is 0 Å². The molecule has 0 amide bonds. The van der Waals surface area contributed by atoms with Crippen molar-refractivity contribution >= 4 is 21.6 Å². The summed E-state index contributed by atoms with van der Waals surface area (Å²) in [6.45, 7) is 1.32. The molecule has 5 nitrogen and oxygen atoms in total. The van der Waals surface area contributed by atoms with Crippen molar-refractivity contribution in [2.45, 2.75) is 13.0 Å². The summed E-state index contributed by atoms with van der Waals surface area (Å²) < 4.78 is 18.1. The van der Waals surface area contributed by atoms with Crippen molar-refractivity contribution in [3.63, 3.8) is 0 Å².